The highest BCUT2D eigenvalue weighted by Crippen LogP contribution is 2.29. The summed E-state index contributed by atoms with van der Waals surface area (Å²) in [7, 11) is 3.40. The smallest absolute Gasteiger partial charge is 0.144 e. The Morgan fingerprint density at radius 3 is 2.87 bits per heavy atom. The Morgan fingerprint density at radius 2 is 2.27 bits per heavy atom. The van der Waals surface area contributed by atoms with Crippen molar-refractivity contribution in [3.05, 3.63) is 18.0 Å². The van der Waals surface area contributed by atoms with Crippen LogP contribution in [0.15, 0.2) is 12.1 Å². The van der Waals surface area contributed by atoms with Crippen LogP contribution in [0.5, 0.6) is 5.75 Å². The number of nitrogens with zero attached hydrogens (tertiary/aromatic N) is 2. The van der Waals surface area contributed by atoms with E-state index in [-0.39, 0.29) is 6.61 Å². The van der Waals surface area contributed by atoms with Gasteiger partial charge in [-0.3, -0.25) is 0 Å². The molecule has 0 aliphatic heterocycles. The van der Waals surface area contributed by atoms with E-state index in [9.17, 15) is 0 Å². The highest BCUT2D eigenvalue weighted by Gasteiger charge is 2.12. The lowest BCUT2D eigenvalue weighted by molar-refractivity contribution is 0.268. The molecule has 0 aliphatic rings. The zero-order valence-electron chi connectivity index (χ0n) is 8.69. The van der Waals surface area contributed by atoms with Gasteiger partial charge in [0.25, 0.3) is 0 Å². The third kappa shape index (κ3) is 1.32. The molecule has 0 bridgehead atoms. The van der Waals surface area contributed by atoms with Crippen molar-refractivity contribution in [3.63, 3.8) is 0 Å². The summed E-state index contributed by atoms with van der Waals surface area (Å²) in [6, 6.07) is 3.66. The number of benzene rings is 1. The van der Waals surface area contributed by atoms with Gasteiger partial charge in [-0.1, -0.05) is 0 Å². The van der Waals surface area contributed by atoms with Crippen molar-refractivity contribution < 1.29 is 9.84 Å². The fraction of sp³-hybridized carbons (Fsp3) is 0.300. The summed E-state index contributed by atoms with van der Waals surface area (Å²) in [6.07, 6.45) is 0. The second-order valence-corrected chi connectivity index (χ2v) is 3.29. The molecule has 0 atom stereocenters. The number of nitrogens with two attached hydrogens (primary N) is 1. The number of hydrogen-bond donors (Lipinski definition) is 2. The van der Waals surface area contributed by atoms with Crippen LogP contribution in [0.4, 0.5) is 5.69 Å². The molecule has 1 aromatic heterocycles. The third-order valence-electron chi connectivity index (χ3n) is 2.51. The van der Waals surface area contributed by atoms with Crippen LogP contribution in [0.3, 0.4) is 0 Å². The van der Waals surface area contributed by atoms with Crippen molar-refractivity contribution in [2.75, 3.05) is 12.8 Å². The molecule has 0 radical (unpaired) electrons. The number of nitrogen functional groups attached to an aromatic ring is 1. The lowest BCUT2D eigenvalue weighted by atomic mass is 10.2. The number of rotatable bonds is 2. The molecule has 80 valence electrons. The molecular weight excluding hydrogens is 194 g/mol. The van der Waals surface area contributed by atoms with Crippen molar-refractivity contribution >= 4 is 16.7 Å². The standard InChI is InChI=1S/C10H13N3O2/c1-13-6-3-4-7(15-2)9(11)10(6)12-8(13)5-14/h3-4,14H,5,11H2,1-2H3. The second kappa shape index (κ2) is 3.43. The van der Waals surface area contributed by atoms with Gasteiger partial charge in [0.15, 0.2) is 0 Å². The zero-order valence-corrected chi connectivity index (χ0v) is 8.69. The summed E-state index contributed by atoms with van der Waals surface area (Å²) in [6.45, 7) is -0.104. The van der Waals surface area contributed by atoms with E-state index < -0.39 is 0 Å². The van der Waals surface area contributed by atoms with Gasteiger partial charge in [0, 0.05) is 7.05 Å². The van der Waals surface area contributed by atoms with Crippen LogP contribution < -0.4 is 10.5 Å². The van der Waals surface area contributed by atoms with Gasteiger partial charge in [-0.25, -0.2) is 4.98 Å². The molecule has 0 aliphatic carbocycles. The fourth-order valence-corrected chi connectivity index (χ4v) is 1.63. The third-order valence-corrected chi connectivity index (χ3v) is 2.51. The Balaban J connectivity index is 2.77. The minimum Gasteiger partial charge on any atom is -0.495 e. The summed E-state index contributed by atoms with van der Waals surface area (Å²) < 4.78 is 6.91. The van der Waals surface area contributed by atoms with E-state index in [0.717, 1.165) is 5.52 Å². The van der Waals surface area contributed by atoms with E-state index in [1.807, 2.05) is 17.7 Å². The van der Waals surface area contributed by atoms with Crippen LogP contribution in [0.2, 0.25) is 0 Å². The number of imidazole rings is 1. The largest absolute Gasteiger partial charge is 0.495 e. The number of methoxy groups -OCH3 is 1. The lowest BCUT2D eigenvalue weighted by Gasteiger charge is -2.04. The number of aliphatic hydroxyl groups excluding tert-OH is 1. The van der Waals surface area contributed by atoms with Crippen molar-refractivity contribution in [1.82, 2.24) is 9.55 Å². The minimum absolute atomic E-state index is 0.104. The molecule has 1 heterocycles. The first kappa shape index (κ1) is 9.79. The van der Waals surface area contributed by atoms with Gasteiger partial charge in [-0.2, -0.15) is 0 Å². The molecule has 5 nitrogen and oxygen atoms in total. The Kier molecular flexibility index (Phi) is 2.24. The van der Waals surface area contributed by atoms with E-state index in [1.165, 1.54) is 0 Å². The molecule has 0 saturated carbocycles. The molecule has 2 rings (SSSR count). The fourth-order valence-electron chi connectivity index (χ4n) is 1.63. The molecule has 0 spiro atoms. The average Bonchev–Trinajstić information content (AvgIpc) is 2.57. The molecular formula is C10H13N3O2. The van der Waals surface area contributed by atoms with Crippen molar-refractivity contribution in [2.45, 2.75) is 6.61 Å². The summed E-state index contributed by atoms with van der Waals surface area (Å²) in [5.74, 6) is 1.19. The average molecular weight is 207 g/mol. The van der Waals surface area contributed by atoms with Gasteiger partial charge >= 0.3 is 0 Å². The topological polar surface area (TPSA) is 73.3 Å². The molecule has 5 heteroatoms. The molecule has 15 heavy (non-hydrogen) atoms. The highest BCUT2D eigenvalue weighted by atomic mass is 16.5. The van der Waals surface area contributed by atoms with Crippen LogP contribution in [0.1, 0.15) is 5.82 Å². The van der Waals surface area contributed by atoms with Crippen LogP contribution in [-0.4, -0.2) is 21.8 Å². The van der Waals surface area contributed by atoms with Crippen LogP contribution >= 0.6 is 0 Å². The van der Waals surface area contributed by atoms with Gasteiger partial charge in [0.1, 0.15) is 29.4 Å². The number of aromatic nitrogens is 2. The van der Waals surface area contributed by atoms with Crippen molar-refractivity contribution in [3.8, 4) is 5.75 Å². The van der Waals surface area contributed by atoms with E-state index in [1.54, 1.807) is 13.2 Å². The van der Waals surface area contributed by atoms with E-state index in [4.69, 9.17) is 15.6 Å². The normalized spacial score (nSPS) is 10.9. The summed E-state index contributed by atoms with van der Waals surface area (Å²) in [5.41, 5.74) is 7.94. The van der Waals surface area contributed by atoms with E-state index >= 15 is 0 Å². The first-order chi connectivity index (χ1) is 7.19. The SMILES string of the molecule is COc1ccc2c(nc(CO)n2C)c1N. The maximum Gasteiger partial charge on any atom is 0.144 e. The highest BCUT2D eigenvalue weighted by molar-refractivity contribution is 5.91. The van der Waals surface area contributed by atoms with Crippen LogP contribution in [0, 0.1) is 0 Å². The predicted octanol–water partition coefficient (Wildman–Crippen LogP) is 0.656. The summed E-state index contributed by atoms with van der Waals surface area (Å²) >= 11 is 0. The first-order valence-corrected chi connectivity index (χ1v) is 4.57. The van der Waals surface area contributed by atoms with E-state index in [2.05, 4.69) is 4.98 Å². The number of aliphatic hydroxyl groups is 1. The zero-order chi connectivity index (χ0) is 11.0. The number of fused-ring (bicyclic) bond motifs is 1. The van der Waals surface area contributed by atoms with E-state index in [0.29, 0.717) is 22.8 Å². The molecule has 0 amide bonds. The quantitative estimate of drug-likeness (QED) is 0.709. The molecule has 0 unspecified atom stereocenters. The number of ether oxygens (including phenoxy) is 1. The van der Waals surface area contributed by atoms with Crippen molar-refractivity contribution in [1.29, 1.82) is 0 Å². The second-order valence-electron chi connectivity index (χ2n) is 3.29. The summed E-state index contributed by atoms with van der Waals surface area (Å²) in [5, 5.41) is 9.08. The van der Waals surface area contributed by atoms with Crippen molar-refractivity contribution in [2.24, 2.45) is 7.05 Å². The Hall–Kier alpha value is -1.75. The predicted molar refractivity (Wildman–Crippen MR) is 57.6 cm³/mol. The summed E-state index contributed by atoms with van der Waals surface area (Å²) in [4.78, 5) is 4.25. The Bertz CT molecular complexity index is 505. The van der Waals surface area contributed by atoms with Crippen LogP contribution in [-0.2, 0) is 13.7 Å². The molecule has 1 aromatic carbocycles. The maximum atomic E-state index is 9.08. The van der Waals surface area contributed by atoms with Gasteiger partial charge in [-0.05, 0) is 12.1 Å². The van der Waals surface area contributed by atoms with Gasteiger partial charge in [0.2, 0.25) is 0 Å². The lowest BCUT2D eigenvalue weighted by Crippen LogP contribution is -1.96. The molecule has 0 saturated heterocycles. The number of aryl methyl sites for hydroxylation is 1. The molecule has 3 N–H and O–H groups in total. The van der Waals surface area contributed by atoms with Crippen LogP contribution in [0.25, 0.3) is 11.0 Å². The Labute approximate surface area is 87.1 Å². The van der Waals surface area contributed by atoms with Gasteiger partial charge in [0.05, 0.1) is 12.6 Å². The molecule has 0 fully saturated rings. The molecule has 2 aromatic rings. The Morgan fingerprint density at radius 1 is 1.53 bits per heavy atom. The number of anilines is 1. The number of hydrogen-bond acceptors (Lipinski definition) is 4. The van der Waals surface area contributed by atoms with Gasteiger partial charge in [-0.15, -0.1) is 0 Å². The maximum absolute atomic E-state index is 9.08. The van der Waals surface area contributed by atoms with Gasteiger partial charge < -0.3 is 20.1 Å². The monoisotopic (exact) mass is 207 g/mol. The first-order valence-electron chi connectivity index (χ1n) is 4.57. The minimum atomic E-state index is -0.104.